The van der Waals surface area contributed by atoms with Gasteiger partial charge in [0.25, 0.3) is 0 Å². The summed E-state index contributed by atoms with van der Waals surface area (Å²) in [5.74, 6) is 0.184. The van der Waals surface area contributed by atoms with Crippen LogP contribution in [0.4, 0.5) is 11.4 Å². The molecular formula is C16H22ClN3O2. The summed E-state index contributed by atoms with van der Waals surface area (Å²) in [4.78, 5) is 26.8. The van der Waals surface area contributed by atoms with Crippen LogP contribution in [0, 0.1) is 5.41 Å². The molecule has 1 N–H and O–H groups in total. The van der Waals surface area contributed by atoms with E-state index in [2.05, 4.69) is 10.2 Å². The lowest BCUT2D eigenvalue weighted by Crippen LogP contribution is -2.51. The van der Waals surface area contributed by atoms with Gasteiger partial charge in [-0.15, -0.1) is 0 Å². The summed E-state index contributed by atoms with van der Waals surface area (Å²) in [6.45, 7) is 8.72. The smallest absolute Gasteiger partial charge is 0.228 e. The third kappa shape index (κ3) is 3.71. The van der Waals surface area contributed by atoms with Gasteiger partial charge in [0, 0.05) is 37.3 Å². The predicted octanol–water partition coefficient (Wildman–Crippen LogP) is 2.60. The van der Waals surface area contributed by atoms with Crippen molar-refractivity contribution in [3.63, 3.8) is 0 Å². The SMILES string of the molecule is CC(C)(C)C(=O)N1CCN(c2ccc(NC=O)cc2Cl)CC1. The van der Waals surface area contributed by atoms with Crippen molar-refractivity contribution >= 4 is 35.3 Å². The average Bonchev–Trinajstić information content (AvgIpc) is 2.46. The van der Waals surface area contributed by atoms with E-state index in [1.54, 1.807) is 6.07 Å². The number of halogens is 1. The number of carbonyl (C=O) groups is 2. The Labute approximate surface area is 136 Å². The lowest BCUT2D eigenvalue weighted by Gasteiger charge is -2.39. The third-order valence-corrected chi connectivity index (χ3v) is 4.03. The standard InChI is InChI=1S/C16H22ClN3O2/c1-16(2,3)15(22)20-8-6-19(7-9-20)14-5-4-12(18-11-21)10-13(14)17/h4-5,10-11H,6-9H2,1-3H3,(H,18,21). The fourth-order valence-corrected chi connectivity index (χ4v) is 2.85. The molecule has 2 amide bonds. The lowest BCUT2D eigenvalue weighted by atomic mass is 9.94. The van der Waals surface area contributed by atoms with Crippen molar-refractivity contribution in [1.29, 1.82) is 0 Å². The molecule has 1 saturated heterocycles. The van der Waals surface area contributed by atoms with Crippen LogP contribution in [0.1, 0.15) is 20.8 Å². The van der Waals surface area contributed by atoms with Crippen LogP contribution in [0.5, 0.6) is 0 Å². The Balaban J connectivity index is 2.03. The molecule has 0 aromatic heterocycles. The van der Waals surface area contributed by atoms with E-state index in [4.69, 9.17) is 11.6 Å². The summed E-state index contributed by atoms with van der Waals surface area (Å²) in [6, 6.07) is 5.45. The monoisotopic (exact) mass is 323 g/mol. The van der Waals surface area contributed by atoms with Crippen LogP contribution in [0.2, 0.25) is 5.02 Å². The molecule has 22 heavy (non-hydrogen) atoms. The first-order chi connectivity index (χ1) is 10.3. The van der Waals surface area contributed by atoms with Crippen LogP contribution in [0.3, 0.4) is 0 Å². The number of anilines is 2. The molecule has 0 unspecified atom stereocenters. The number of carbonyl (C=O) groups excluding carboxylic acids is 2. The van der Waals surface area contributed by atoms with Gasteiger partial charge in [0.1, 0.15) is 0 Å². The van der Waals surface area contributed by atoms with E-state index in [0.29, 0.717) is 30.2 Å². The Hall–Kier alpha value is -1.75. The van der Waals surface area contributed by atoms with Gasteiger partial charge in [0.2, 0.25) is 12.3 Å². The Morgan fingerprint density at radius 2 is 1.86 bits per heavy atom. The number of hydrogen-bond acceptors (Lipinski definition) is 3. The molecule has 0 radical (unpaired) electrons. The van der Waals surface area contributed by atoms with Gasteiger partial charge in [-0.1, -0.05) is 32.4 Å². The van der Waals surface area contributed by atoms with Gasteiger partial charge in [-0.3, -0.25) is 9.59 Å². The number of hydrogen-bond donors (Lipinski definition) is 1. The van der Waals surface area contributed by atoms with Gasteiger partial charge in [0.05, 0.1) is 10.7 Å². The van der Waals surface area contributed by atoms with Gasteiger partial charge in [-0.05, 0) is 18.2 Å². The van der Waals surface area contributed by atoms with Gasteiger partial charge in [-0.2, -0.15) is 0 Å². The predicted molar refractivity (Wildman–Crippen MR) is 89.4 cm³/mol. The molecular weight excluding hydrogens is 302 g/mol. The molecule has 1 heterocycles. The molecule has 1 aliphatic rings. The minimum absolute atomic E-state index is 0.184. The van der Waals surface area contributed by atoms with Crippen molar-refractivity contribution in [2.45, 2.75) is 20.8 Å². The van der Waals surface area contributed by atoms with Crippen LogP contribution in [-0.4, -0.2) is 43.4 Å². The molecule has 0 aliphatic carbocycles. The number of nitrogens with one attached hydrogen (secondary N) is 1. The van der Waals surface area contributed by atoms with E-state index < -0.39 is 0 Å². The number of nitrogens with zero attached hydrogens (tertiary/aromatic N) is 2. The van der Waals surface area contributed by atoms with Gasteiger partial charge < -0.3 is 15.1 Å². The fourth-order valence-electron chi connectivity index (χ4n) is 2.55. The molecule has 0 saturated carbocycles. The van der Waals surface area contributed by atoms with Crippen LogP contribution in [-0.2, 0) is 9.59 Å². The van der Waals surface area contributed by atoms with E-state index in [9.17, 15) is 9.59 Å². The largest absolute Gasteiger partial charge is 0.367 e. The summed E-state index contributed by atoms with van der Waals surface area (Å²) >= 11 is 6.29. The molecule has 6 heteroatoms. The van der Waals surface area contributed by atoms with E-state index in [1.807, 2.05) is 37.8 Å². The van der Waals surface area contributed by atoms with Gasteiger partial charge in [0.15, 0.2) is 0 Å². The highest BCUT2D eigenvalue weighted by molar-refractivity contribution is 6.33. The minimum Gasteiger partial charge on any atom is -0.367 e. The van der Waals surface area contributed by atoms with Gasteiger partial charge in [-0.25, -0.2) is 0 Å². The zero-order valence-electron chi connectivity index (χ0n) is 13.2. The highest BCUT2D eigenvalue weighted by atomic mass is 35.5. The second-order valence-corrected chi connectivity index (χ2v) is 6.86. The highest BCUT2D eigenvalue weighted by Gasteiger charge is 2.30. The fraction of sp³-hybridized carbons (Fsp3) is 0.500. The van der Waals surface area contributed by atoms with Crippen LogP contribution < -0.4 is 10.2 Å². The summed E-state index contributed by atoms with van der Waals surface area (Å²) in [7, 11) is 0. The maximum absolute atomic E-state index is 12.3. The average molecular weight is 324 g/mol. The number of piperazine rings is 1. The van der Waals surface area contributed by atoms with Crippen molar-refractivity contribution < 1.29 is 9.59 Å². The van der Waals surface area contributed by atoms with Crippen LogP contribution >= 0.6 is 11.6 Å². The molecule has 1 aromatic carbocycles. The summed E-state index contributed by atoms with van der Waals surface area (Å²) in [5.41, 5.74) is 1.26. The molecule has 1 fully saturated rings. The third-order valence-electron chi connectivity index (χ3n) is 3.72. The van der Waals surface area contributed by atoms with Crippen molar-refractivity contribution in [1.82, 2.24) is 4.90 Å². The zero-order valence-corrected chi connectivity index (χ0v) is 14.0. The Bertz CT molecular complexity index is 561. The van der Waals surface area contributed by atoms with E-state index >= 15 is 0 Å². The quantitative estimate of drug-likeness (QED) is 0.870. The first-order valence-corrected chi connectivity index (χ1v) is 7.75. The first-order valence-electron chi connectivity index (χ1n) is 7.37. The van der Waals surface area contributed by atoms with E-state index in [-0.39, 0.29) is 11.3 Å². The highest BCUT2D eigenvalue weighted by Crippen LogP contribution is 2.30. The minimum atomic E-state index is -0.345. The second-order valence-electron chi connectivity index (χ2n) is 6.46. The second kappa shape index (κ2) is 6.57. The van der Waals surface area contributed by atoms with E-state index in [1.165, 1.54) is 0 Å². The number of amides is 2. The molecule has 1 aromatic rings. The molecule has 120 valence electrons. The molecule has 5 nitrogen and oxygen atoms in total. The van der Waals surface area contributed by atoms with E-state index in [0.717, 1.165) is 18.8 Å². The molecule has 0 atom stereocenters. The molecule has 0 spiro atoms. The Morgan fingerprint density at radius 1 is 1.23 bits per heavy atom. The van der Waals surface area contributed by atoms with Crippen LogP contribution in [0.25, 0.3) is 0 Å². The number of rotatable bonds is 3. The Kier molecular flexibility index (Phi) is 4.96. The van der Waals surface area contributed by atoms with Crippen molar-refractivity contribution in [3.05, 3.63) is 23.2 Å². The maximum Gasteiger partial charge on any atom is 0.228 e. The maximum atomic E-state index is 12.3. The van der Waals surface area contributed by atoms with Crippen molar-refractivity contribution in [2.75, 3.05) is 36.4 Å². The van der Waals surface area contributed by atoms with Gasteiger partial charge >= 0.3 is 0 Å². The molecule has 1 aliphatic heterocycles. The topological polar surface area (TPSA) is 52.7 Å². The van der Waals surface area contributed by atoms with Crippen LogP contribution in [0.15, 0.2) is 18.2 Å². The number of benzene rings is 1. The zero-order chi connectivity index (χ0) is 16.3. The molecule has 0 bridgehead atoms. The lowest BCUT2D eigenvalue weighted by molar-refractivity contribution is -0.139. The normalized spacial score (nSPS) is 15.6. The summed E-state index contributed by atoms with van der Waals surface area (Å²) in [5, 5.41) is 3.18. The van der Waals surface area contributed by atoms with Crippen molar-refractivity contribution in [3.8, 4) is 0 Å². The summed E-state index contributed by atoms with van der Waals surface area (Å²) in [6.07, 6.45) is 0.627. The summed E-state index contributed by atoms with van der Waals surface area (Å²) < 4.78 is 0. The Morgan fingerprint density at radius 3 is 2.36 bits per heavy atom. The first kappa shape index (κ1) is 16.6. The van der Waals surface area contributed by atoms with Crippen molar-refractivity contribution in [2.24, 2.45) is 5.41 Å². The molecule has 2 rings (SSSR count).